The molecule has 108 valence electrons. The first-order valence-electron chi connectivity index (χ1n) is 6.87. The fourth-order valence-corrected chi connectivity index (χ4v) is 3.89. The standard InChI is InChI=1S/C14H18N2O3S/c15-20(18,19)13-6-4-10(5-7-13)14(17)16-8-11-2-1-3-12(11)9-16/h4-7,11-12H,1-3,8-9H2,(H2,15,18,19). The molecule has 2 fully saturated rings. The predicted octanol–water partition coefficient (Wildman–Crippen LogP) is 1.21. The van der Waals surface area contributed by atoms with Crippen LogP contribution in [0.4, 0.5) is 0 Å². The van der Waals surface area contributed by atoms with Crippen LogP contribution in [0.2, 0.25) is 0 Å². The summed E-state index contributed by atoms with van der Waals surface area (Å²) in [5.41, 5.74) is 0.525. The summed E-state index contributed by atoms with van der Waals surface area (Å²) in [5, 5.41) is 5.04. The predicted molar refractivity (Wildman–Crippen MR) is 74.5 cm³/mol. The molecule has 1 aromatic carbocycles. The smallest absolute Gasteiger partial charge is 0.253 e. The summed E-state index contributed by atoms with van der Waals surface area (Å²) in [6.07, 6.45) is 3.72. The zero-order chi connectivity index (χ0) is 14.3. The monoisotopic (exact) mass is 294 g/mol. The molecule has 6 heteroatoms. The van der Waals surface area contributed by atoms with Crippen molar-refractivity contribution >= 4 is 15.9 Å². The van der Waals surface area contributed by atoms with Gasteiger partial charge in [-0.2, -0.15) is 0 Å². The van der Waals surface area contributed by atoms with Gasteiger partial charge in [-0.3, -0.25) is 4.79 Å². The second-order valence-corrected chi connectivity index (χ2v) is 7.29. The van der Waals surface area contributed by atoms with Gasteiger partial charge < -0.3 is 4.90 Å². The van der Waals surface area contributed by atoms with E-state index in [0.717, 1.165) is 13.1 Å². The molecule has 2 N–H and O–H groups in total. The Morgan fingerprint density at radius 2 is 1.65 bits per heavy atom. The van der Waals surface area contributed by atoms with Crippen molar-refractivity contribution in [3.63, 3.8) is 0 Å². The van der Waals surface area contributed by atoms with Crippen LogP contribution in [-0.2, 0) is 10.0 Å². The summed E-state index contributed by atoms with van der Waals surface area (Å²) in [4.78, 5) is 14.3. The summed E-state index contributed by atoms with van der Waals surface area (Å²) in [6, 6.07) is 5.85. The van der Waals surface area contributed by atoms with E-state index in [4.69, 9.17) is 5.14 Å². The molecule has 1 heterocycles. The number of primary sulfonamides is 1. The molecule has 1 saturated carbocycles. The Morgan fingerprint density at radius 1 is 1.10 bits per heavy atom. The molecule has 20 heavy (non-hydrogen) atoms. The number of amides is 1. The third-order valence-electron chi connectivity index (χ3n) is 4.44. The van der Waals surface area contributed by atoms with Crippen LogP contribution in [0, 0.1) is 11.8 Å². The second kappa shape index (κ2) is 4.86. The van der Waals surface area contributed by atoms with Crippen molar-refractivity contribution in [2.45, 2.75) is 24.2 Å². The largest absolute Gasteiger partial charge is 0.338 e. The van der Waals surface area contributed by atoms with Crippen molar-refractivity contribution in [1.82, 2.24) is 4.90 Å². The molecule has 0 aromatic heterocycles. The summed E-state index contributed by atoms with van der Waals surface area (Å²) in [6.45, 7) is 1.67. The molecule has 0 bridgehead atoms. The van der Waals surface area contributed by atoms with Gasteiger partial charge in [-0.15, -0.1) is 0 Å². The van der Waals surface area contributed by atoms with Crippen molar-refractivity contribution in [2.24, 2.45) is 17.0 Å². The van der Waals surface area contributed by atoms with Gasteiger partial charge in [-0.1, -0.05) is 6.42 Å². The molecule has 1 amide bonds. The normalized spacial score (nSPS) is 25.8. The Kier molecular flexibility index (Phi) is 3.30. The molecule has 0 radical (unpaired) electrons. The molecular weight excluding hydrogens is 276 g/mol. The van der Waals surface area contributed by atoms with Crippen molar-refractivity contribution in [3.05, 3.63) is 29.8 Å². The molecule has 2 unspecified atom stereocenters. The molecule has 1 aliphatic heterocycles. The SMILES string of the molecule is NS(=O)(=O)c1ccc(C(=O)N2CC3CCCC3C2)cc1. The summed E-state index contributed by atoms with van der Waals surface area (Å²) in [7, 11) is -3.70. The first-order valence-corrected chi connectivity index (χ1v) is 8.42. The van der Waals surface area contributed by atoms with Crippen LogP contribution in [0.25, 0.3) is 0 Å². The van der Waals surface area contributed by atoms with Crippen LogP contribution < -0.4 is 5.14 Å². The number of sulfonamides is 1. The van der Waals surface area contributed by atoms with Gasteiger partial charge >= 0.3 is 0 Å². The number of nitrogens with zero attached hydrogens (tertiary/aromatic N) is 1. The number of benzene rings is 1. The van der Waals surface area contributed by atoms with Crippen LogP contribution in [0.3, 0.4) is 0 Å². The van der Waals surface area contributed by atoms with Crippen molar-refractivity contribution in [3.8, 4) is 0 Å². The molecule has 0 spiro atoms. The summed E-state index contributed by atoms with van der Waals surface area (Å²) < 4.78 is 22.4. The highest BCUT2D eigenvalue weighted by Gasteiger charge is 2.38. The van der Waals surface area contributed by atoms with Gasteiger partial charge in [0.05, 0.1) is 4.90 Å². The number of likely N-dealkylation sites (tertiary alicyclic amines) is 1. The van der Waals surface area contributed by atoms with E-state index in [1.54, 1.807) is 0 Å². The first kappa shape index (κ1) is 13.6. The molecule has 5 nitrogen and oxygen atoms in total. The molecule has 2 aliphatic rings. The number of hydrogen-bond acceptors (Lipinski definition) is 3. The number of hydrogen-bond donors (Lipinski definition) is 1. The Labute approximate surface area is 118 Å². The third-order valence-corrected chi connectivity index (χ3v) is 5.37. The van der Waals surface area contributed by atoms with Crippen LogP contribution in [-0.4, -0.2) is 32.3 Å². The van der Waals surface area contributed by atoms with E-state index < -0.39 is 10.0 Å². The maximum absolute atomic E-state index is 12.4. The average molecular weight is 294 g/mol. The van der Waals surface area contributed by atoms with Gasteiger partial charge in [-0.05, 0) is 48.9 Å². The average Bonchev–Trinajstić information content (AvgIpc) is 2.97. The van der Waals surface area contributed by atoms with E-state index in [0.29, 0.717) is 17.4 Å². The third kappa shape index (κ3) is 2.45. The number of nitrogens with two attached hydrogens (primary N) is 1. The van der Waals surface area contributed by atoms with Gasteiger partial charge in [0.2, 0.25) is 10.0 Å². The topological polar surface area (TPSA) is 80.5 Å². The molecular formula is C14H18N2O3S. The first-order chi connectivity index (χ1) is 9.45. The van der Waals surface area contributed by atoms with Gasteiger partial charge in [0, 0.05) is 18.7 Å². The Balaban J connectivity index is 1.75. The second-order valence-electron chi connectivity index (χ2n) is 5.73. The van der Waals surface area contributed by atoms with Crippen LogP contribution in [0.1, 0.15) is 29.6 Å². The van der Waals surface area contributed by atoms with E-state index in [9.17, 15) is 13.2 Å². The lowest BCUT2D eigenvalue weighted by Crippen LogP contribution is -2.29. The van der Waals surface area contributed by atoms with Gasteiger partial charge in [0.15, 0.2) is 0 Å². The number of fused-ring (bicyclic) bond motifs is 1. The van der Waals surface area contributed by atoms with Gasteiger partial charge in [-0.25, -0.2) is 13.6 Å². The lowest BCUT2D eigenvalue weighted by atomic mass is 10.0. The summed E-state index contributed by atoms with van der Waals surface area (Å²) >= 11 is 0. The Hall–Kier alpha value is -1.40. The zero-order valence-electron chi connectivity index (χ0n) is 11.2. The fraction of sp³-hybridized carbons (Fsp3) is 0.500. The van der Waals surface area contributed by atoms with Gasteiger partial charge in [0.25, 0.3) is 5.91 Å². The number of carbonyl (C=O) groups excluding carboxylic acids is 1. The lowest BCUT2D eigenvalue weighted by molar-refractivity contribution is 0.0780. The highest BCUT2D eigenvalue weighted by molar-refractivity contribution is 7.89. The zero-order valence-corrected chi connectivity index (χ0v) is 12.0. The highest BCUT2D eigenvalue weighted by Crippen LogP contribution is 2.38. The van der Waals surface area contributed by atoms with E-state index in [2.05, 4.69) is 0 Å². The van der Waals surface area contributed by atoms with Crippen LogP contribution in [0.15, 0.2) is 29.2 Å². The van der Waals surface area contributed by atoms with E-state index in [-0.39, 0.29) is 10.8 Å². The molecule has 3 rings (SSSR count). The molecule has 1 aliphatic carbocycles. The van der Waals surface area contributed by atoms with Crippen molar-refractivity contribution in [2.75, 3.05) is 13.1 Å². The Bertz CT molecular complexity index is 612. The Morgan fingerprint density at radius 3 is 2.15 bits per heavy atom. The highest BCUT2D eigenvalue weighted by atomic mass is 32.2. The van der Waals surface area contributed by atoms with Crippen LogP contribution in [0.5, 0.6) is 0 Å². The van der Waals surface area contributed by atoms with Gasteiger partial charge in [0.1, 0.15) is 0 Å². The van der Waals surface area contributed by atoms with E-state index in [1.807, 2.05) is 4.90 Å². The molecule has 1 aromatic rings. The lowest BCUT2D eigenvalue weighted by Gasteiger charge is -2.17. The maximum atomic E-state index is 12.4. The minimum atomic E-state index is -3.70. The fourth-order valence-electron chi connectivity index (χ4n) is 3.37. The number of carbonyl (C=O) groups is 1. The van der Waals surface area contributed by atoms with Crippen molar-refractivity contribution in [1.29, 1.82) is 0 Å². The minimum Gasteiger partial charge on any atom is -0.338 e. The maximum Gasteiger partial charge on any atom is 0.253 e. The quantitative estimate of drug-likeness (QED) is 0.890. The van der Waals surface area contributed by atoms with E-state index in [1.165, 1.54) is 43.5 Å². The summed E-state index contributed by atoms with van der Waals surface area (Å²) in [5.74, 6) is 1.30. The van der Waals surface area contributed by atoms with Crippen LogP contribution >= 0.6 is 0 Å². The van der Waals surface area contributed by atoms with Crippen molar-refractivity contribution < 1.29 is 13.2 Å². The molecule has 2 atom stereocenters. The number of rotatable bonds is 2. The minimum absolute atomic E-state index is 0.0135. The molecule has 1 saturated heterocycles. The van der Waals surface area contributed by atoms with E-state index >= 15 is 0 Å².